The first-order chi connectivity index (χ1) is 9.83. The van der Waals surface area contributed by atoms with Gasteiger partial charge in [0.15, 0.2) is 0 Å². The fraction of sp³-hybridized carbons (Fsp3) is 0.643. The van der Waals surface area contributed by atoms with Gasteiger partial charge in [-0.05, 0) is 23.4 Å². The van der Waals surface area contributed by atoms with Gasteiger partial charge in [0.05, 0.1) is 19.8 Å². The Kier molecular flexibility index (Phi) is 4.54. The molecule has 0 radical (unpaired) electrons. The number of rotatable bonds is 3. The Hall–Kier alpha value is -1.11. The molecular weight excluding hydrogens is 276 g/mol. The van der Waals surface area contributed by atoms with Gasteiger partial charge < -0.3 is 14.4 Å². The van der Waals surface area contributed by atoms with E-state index in [1.54, 1.807) is 16.2 Å². The molecule has 2 aliphatic rings. The van der Waals surface area contributed by atoms with E-state index in [0.717, 1.165) is 45.8 Å². The summed E-state index contributed by atoms with van der Waals surface area (Å²) in [6, 6.07) is 2.15. The molecular formula is C14H20N2O3S. The molecule has 1 aromatic rings. The molecule has 0 aromatic carbocycles. The Morgan fingerprint density at radius 2 is 2.20 bits per heavy atom. The lowest BCUT2D eigenvalue weighted by Gasteiger charge is -2.28. The molecule has 0 aliphatic carbocycles. The van der Waals surface area contributed by atoms with Gasteiger partial charge >= 0.3 is 6.09 Å². The van der Waals surface area contributed by atoms with Crippen LogP contribution in [0.5, 0.6) is 0 Å². The third-order valence-corrected chi connectivity index (χ3v) is 4.77. The second-order valence-corrected chi connectivity index (χ2v) is 6.11. The smallest absolute Gasteiger partial charge is 0.410 e. The molecule has 20 heavy (non-hydrogen) atoms. The molecule has 5 nitrogen and oxygen atoms in total. The van der Waals surface area contributed by atoms with Gasteiger partial charge in [-0.1, -0.05) is 0 Å². The molecule has 110 valence electrons. The summed E-state index contributed by atoms with van der Waals surface area (Å²) < 4.78 is 10.7. The van der Waals surface area contributed by atoms with E-state index >= 15 is 0 Å². The Balaban J connectivity index is 1.41. The van der Waals surface area contributed by atoms with Crippen LogP contribution < -0.4 is 0 Å². The standard InChI is InChI=1S/C14H20N2O3S/c17-14(19-9-6-15-4-7-18-8-5-15)16-3-1-12-2-10-20-13(12)11-16/h2,10H,1,3-9,11H2. The predicted octanol–water partition coefficient (Wildman–Crippen LogP) is 1.57. The Morgan fingerprint density at radius 3 is 3.05 bits per heavy atom. The van der Waals surface area contributed by atoms with E-state index in [2.05, 4.69) is 16.3 Å². The number of fused-ring (bicyclic) bond motifs is 1. The number of carbonyl (C=O) groups is 1. The molecule has 1 fully saturated rings. The third-order valence-electron chi connectivity index (χ3n) is 3.82. The first-order valence-corrected chi connectivity index (χ1v) is 7.98. The summed E-state index contributed by atoms with van der Waals surface area (Å²) in [6.45, 7) is 6.14. The SMILES string of the molecule is O=C(OCCN1CCOCC1)N1CCc2ccsc2C1. The maximum Gasteiger partial charge on any atom is 0.410 e. The van der Waals surface area contributed by atoms with E-state index in [9.17, 15) is 4.79 Å². The van der Waals surface area contributed by atoms with Crippen LogP contribution in [0.15, 0.2) is 11.4 Å². The van der Waals surface area contributed by atoms with Gasteiger partial charge in [0, 0.05) is 31.1 Å². The summed E-state index contributed by atoms with van der Waals surface area (Å²) >= 11 is 1.72. The largest absolute Gasteiger partial charge is 0.448 e. The number of thiophene rings is 1. The molecule has 3 heterocycles. The van der Waals surface area contributed by atoms with Crippen molar-refractivity contribution in [2.24, 2.45) is 0 Å². The molecule has 0 saturated carbocycles. The van der Waals surface area contributed by atoms with E-state index in [1.807, 2.05) is 0 Å². The summed E-state index contributed by atoms with van der Waals surface area (Å²) in [5.74, 6) is 0. The Morgan fingerprint density at radius 1 is 1.35 bits per heavy atom. The second kappa shape index (κ2) is 6.56. The first-order valence-electron chi connectivity index (χ1n) is 7.10. The van der Waals surface area contributed by atoms with Crippen molar-refractivity contribution >= 4 is 17.4 Å². The molecule has 0 unspecified atom stereocenters. The number of hydrogen-bond donors (Lipinski definition) is 0. The second-order valence-electron chi connectivity index (χ2n) is 5.11. The average Bonchev–Trinajstić information content (AvgIpc) is 2.95. The topological polar surface area (TPSA) is 42.0 Å². The lowest BCUT2D eigenvalue weighted by atomic mass is 10.1. The first kappa shape index (κ1) is 13.9. The monoisotopic (exact) mass is 296 g/mol. The van der Waals surface area contributed by atoms with E-state index in [0.29, 0.717) is 13.2 Å². The van der Waals surface area contributed by atoms with Crippen molar-refractivity contribution < 1.29 is 14.3 Å². The third kappa shape index (κ3) is 3.31. The molecule has 0 spiro atoms. The Labute approximate surface area is 123 Å². The summed E-state index contributed by atoms with van der Waals surface area (Å²) in [5.41, 5.74) is 1.38. The number of amides is 1. The molecule has 0 N–H and O–H groups in total. The van der Waals surface area contributed by atoms with E-state index in [1.165, 1.54) is 10.4 Å². The van der Waals surface area contributed by atoms with E-state index in [-0.39, 0.29) is 6.09 Å². The molecule has 3 rings (SSSR count). The van der Waals surface area contributed by atoms with Gasteiger partial charge in [0.2, 0.25) is 0 Å². The van der Waals surface area contributed by atoms with Crippen molar-refractivity contribution in [3.8, 4) is 0 Å². The molecule has 6 heteroatoms. The van der Waals surface area contributed by atoms with Crippen LogP contribution in [0.4, 0.5) is 4.79 Å². The molecule has 1 amide bonds. The number of morpholine rings is 1. The van der Waals surface area contributed by atoms with Crippen molar-refractivity contribution in [1.29, 1.82) is 0 Å². The molecule has 1 saturated heterocycles. The lowest BCUT2D eigenvalue weighted by molar-refractivity contribution is 0.0243. The van der Waals surface area contributed by atoms with Crippen molar-refractivity contribution in [3.05, 3.63) is 21.9 Å². The highest BCUT2D eigenvalue weighted by atomic mass is 32.1. The normalized spacial score (nSPS) is 19.7. The molecule has 0 bridgehead atoms. The van der Waals surface area contributed by atoms with Crippen LogP contribution in [0, 0.1) is 0 Å². The minimum atomic E-state index is -0.183. The molecule has 2 aliphatic heterocycles. The lowest BCUT2D eigenvalue weighted by Crippen LogP contribution is -2.40. The fourth-order valence-electron chi connectivity index (χ4n) is 2.57. The number of nitrogens with zero attached hydrogens (tertiary/aromatic N) is 2. The molecule has 0 atom stereocenters. The van der Waals surface area contributed by atoms with Gasteiger partial charge in [-0.2, -0.15) is 0 Å². The zero-order valence-corrected chi connectivity index (χ0v) is 12.4. The zero-order chi connectivity index (χ0) is 13.8. The van der Waals surface area contributed by atoms with Gasteiger partial charge in [0.25, 0.3) is 0 Å². The van der Waals surface area contributed by atoms with Gasteiger partial charge in [-0.15, -0.1) is 11.3 Å². The maximum atomic E-state index is 12.0. The highest BCUT2D eigenvalue weighted by Crippen LogP contribution is 2.24. The van der Waals surface area contributed by atoms with Gasteiger partial charge in [-0.3, -0.25) is 4.90 Å². The van der Waals surface area contributed by atoms with Gasteiger partial charge in [-0.25, -0.2) is 4.79 Å². The van der Waals surface area contributed by atoms with Crippen LogP contribution in [0.1, 0.15) is 10.4 Å². The van der Waals surface area contributed by atoms with Crippen molar-refractivity contribution in [3.63, 3.8) is 0 Å². The zero-order valence-electron chi connectivity index (χ0n) is 11.5. The van der Waals surface area contributed by atoms with Crippen LogP contribution in [0.25, 0.3) is 0 Å². The van der Waals surface area contributed by atoms with Crippen LogP contribution in [0.3, 0.4) is 0 Å². The minimum absolute atomic E-state index is 0.183. The van der Waals surface area contributed by atoms with Crippen LogP contribution in [-0.4, -0.2) is 61.9 Å². The number of ether oxygens (including phenoxy) is 2. The van der Waals surface area contributed by atoms with E-state index in [4.69, 9.17) is 9.47 Å². The summed E-state index contributed by atoms with van der Waals surface area (Å²) in [4.78, 5) is 17.4. The minimum Gasteiger partial charge on any atom is -0.448 e. The summed E-state index contributed by atoms with van der Waals surface area (Å²) in [7, 11) is 0. The van der Waals surface area contributed by atoms with Crippen molar-refractivity contribution in [1.82, 2.24) is 9.80 Å². The van der Waals surface area contributed by atoms with Crippen molar-refractivity contribution in [2.45, 2.75) is 13.0 Å². The highest BCUT2D eigenvalue weighted by Gasteiger charge is 2.22. The number of carbonyl (C=O) groups excluding carboxylic acids is 1. The van der Waals surface area contributed by atoms with Gasteiger partial charge in [0.1, 0.15) is 6.61 Å². The van der Waals surface area contributed by atoms with Crippen molar-refractivity contribution in [2.75, 3.05) is 46.0 Å². The van der Waals surface area contributed by atoms with Crippen LogP contribution in [-0.2, 0) is 22.4 Å². The highest BCUT2D eigenvalue weighted by molar-refractivity contribution is 7.10. The average molecular weight is 296 g/mol. The quantitative estimate of drug-likeness (QED) is 0.849. The van der Waals surface area contributed by atoms with E-state index < -0.39 is 0 Å². The number of hydrogen-bond acceptors (Lipinski definition) is 5. The Bertz CT molecular complexity index is 457. The summed E-state index contributed by atoms with van der Waals surface area (Å²) in [6.07, 6.45) is 0.759. The maximum absolute atomic E-state index is 12.0. The predicted molar refractivity (Wildman–Crippen MR) is 77.0 cm³/mol. The van der Waals surface area contributed by atoms with Crippen LogP contribution >= 0.6 is 11.3 Å². The fourth-order valence-corrected chi connectivity index (χ4v) is 3.52. The molecule has 1 aromatic heterocycles. The summed E-state index contributed by atoms with van der Waals surface area (Å²) in [5, 5.41) is 2.10. The van der Waals surface area contributed by atoms with Crippen LogP contribution in [0.2, 0.25) is 0 Å².